The zero-order valence-corrected chi connectivity index (χ0v) is 17.7. The van der Waals surface area contributed by atoms with Gasteiger partial charge in [0.2, 0.25) is 0 Å². The van der Waals surface area contributed by atoms with Crippen LogP contribution in [-0.4, -0.2) is 33.9 Å². The summed E-state index contributed by atoms with van der Waals surface area (Å²) in [4.78, 5) is 36.3. The first kappa shape index (κ1) is 21.6. The van der Waals surface area contributed by atoms with Gasteiger partial charge in [-0.15, -0.1) is 0 Å². The van der Waals surface area contributed by atoms with Crippen LogP contribution in [0.1, 0.15) is 53.5 Å². The van der Waals surface area contributed by atoms with E-state index in [2.05, 4.69) is 5.43 Å². The average Bonchev–Trinajstić information content (AvgIpc) is 2.71. The maximum atomic E-state index is 13.0. The largest absolute Gasteiger partial charge is 0.493 e. The summed E-state index contributed by atoms with van der Waals surface area (Å²) in [7, 11) is 0. The number of carbonyl (C=O) groups excluding carboxylic acids is 2. The third-order valence-corrected chi connectivity index (χ3v) is 5.12. The number of hydrazine groups is 1. The second-order valence-corrected chi connectivity index (χ2v) is 8.29. The second-order valence-electron chi connectivity index (χ2n) is 7.91. The first-order valence-electron chi connectivity index (χ1n) is 9.44. The molecular weight excluding hydrogens is 410 g/mol. The minimum absolute atomic E-state index is 0.124. The first-order chi connectivity index (χ1) is 14.1. The third kappa shape index (κ3) is 4.38. The fraction of sp³-hybridized carbons (Fsp3) is 0.333. The van der Waals surface area contributed by atoms with Gasteiger partial charge >= 0.3 is 0 Å². The highest BCUT2D eigenvalue weighted by Crippen LogP contribution is 2.34. The summed E-state index contributed by atoms with van der Waals surface area (Å²) in [5.41, 5.74) is 2.98. The number of benzene rings is 2. The Bertz CT molecular complexity index is 999. The number of amides is 2. The molecule has 0 saturated heterocycles. The van der Waals surface area contributed by atoms with Crippen molar-refractivity contribution in [1.29, 1.82) is 0 Å². The minimum atomic E-state index is -0.766. The molecule has 158 valence electrons. The zero-order chi connectivity index (χ0) is 22.1. The number of non-ortho nitro benzene ring substituents is 1. The van der Waals surface area contributed by atoms with Crippen molar-refractivity contribution in [3.8, 4) is 5.75 Å². The van der Waals surface area contributed by atoms with E-state index in [0.29, 0.717) is 23.8 Å². The molecule has 1 aliphatic rings. The number of ether oxygens (including phenoxy) is 1. The number of carbonyl (C=O) groups is 2. The van der Waals surface area contributed by atoms with Gasteiger partial charge in [0.15, 0.2) is 0 Å². The number of nitrogens with zero attached hydrogens (tertiary/aromatic N) is 2. The van der Waals surface area contributed by atoms with Gasteiger partial charge in [0.05, 0.1) is 27.7 Å². The number of hydrogen-bond acceptors (Lipinski definition) is 5. The molecular formula is C21H22ClN3O5. The highest BCUT2D eigenvalue weighted by Gasteiger charge is 2.31. The van der Waals surface area contributed by atoms with Crippen molar-refractivity contribution in [2.24, 2.45) is 0 Å². The van der Waals surface area contributed by atoms with Gasteiger partial charge in [0.25, 0.3) is 17.5 Å². The Labute approximate surface area is 178 Å². The van der Waals surface area contributed by atoms with Crippen LogP contribution in [-0.2, 0) is 6.42 Å². The Balaban J connectivity index is 1.87. The molecule has 0 fully saturated rings. The summed E-state index contributed by atoms with van der Waals surface area (Å²) in [6.45, 7) is 5.90. The van der Waals surface area contributed by atoms with Gasteiger partial charge in [-0.3, -0.25) is 25.1 Å². The first-order valence-corrected chi connectivity index (χ1v) is 9.81. The van der Waals surface area contributed by atoms with Gasteiger partial charge in [-0.2, -0.15) is 0 Å². The second kappa shape index (κ2) is 8.31. The van der Waals surface area contributed by atoms with E-state index >= 15 is 0 Å². The van der Waals surface area contributed by atoms with Crippen molar-refractivity contribution >= 4 is 29.1 Å². The molecule has 0 spiro atoms. The van der Waals surface area contributed by atoms with Gasteiger partial charge in [-0.05, 0) is 57.9 Å². The lowest BCUT2D eigenvalue weighted by molar-refractivity contribution is -0.384. The number of nitro groups is 1. The topological polar surface area (TPSA) is 102 Å². The SMILES string of the molecule is CC(C)(C)N(NC(=O)c1ccc2c(c1Cl)CCCO2)C(=O)c1ccc([N+](=O)[O-])cc1. The fourth-order valence-corrected chi connectivity index (χ4v) is 3.45. The molecule has 3 rings (SSSR count). The number of nitro benzene ring substituents is 1. The van der Waals surface area contributed by atoms with Crippen LogP contribution in [0.5, 0.6) is 5.75 Å². The highest BCUT2D eigenvalue weighted by atomic mass is 35.5. The number of rotatable bonds is 3. The Morgan fingerprint density at radius 3 is 2.43 bits per heavy atom. The fourth-order valence-electron chi connectivity index (χ4n) is 3.12. The molecule has 8 nitrogen and oxygen atoms in total. The summed E-state index contributed by atoms with van der Waals surface area (Å²) in [6.07, 6.45) is 1.52. The Kier molecular flexibility index (Phi) is 5.98. The molecule has 2 aromatic rings. The maximum absolute atomic E-state index is 13.0. The molecule has 1 aliphatic heterocycles. The zero-order valence-electron chi connectivity index (χ0n) is 16.9. The Morgan fingerprint density at radius 2 is 1.83 bits per heavy atom. The summed E-state index contributed by atoms with van der Waals surface area (Å²) >= 11 is 6.45. The normalized spacial score (nSPS) is 13.1. The monoisotopic (exact) mass is 431 g/mol. The lowest BCUT2D eigenvalue weighted by Gasteiger charge is -2.35. The quantitative estimate of drug-likeness (QED) is 0.580. The van der Waals surface area contributed by atoms with Crippen molar-refractivity contribution in [3.63, 3.8) is 0 Å². The molecule has 1 N–H and O–H groups in total. The van der Waals surface area contributed by atoms with Gasteiger partial charge in [-0.1, -0.05) is 11.6 Å². The van der Waals surface area contributed by atoms with Crippen LogP contribution in [0.25, 0.3) is 0 Å². The molecule has 0 aliphatic carbocycles. The van der Waals surface area contributed by atoms with E-state index in [0.717, 1.165) is 12.0 Å². The number of hydrogen-bond donors (Lipinski definition) is 1. The molecule has 1 heterocycles. The molecule has 0 aromatic heterocycles. The van der Waals surface area contributed by atoms with E-state index in [1.807, 2.05) is 0 Å². The van der Waals surface area contributed by atoms with Crippen LogP contribution in [0.2, 0.25) is 5.02 Å². The average molecular weight is 432 g/mol. The van der Waals surface area contributed by atoms with Gasteiger partial charge in [-0.25, -0.2) is 5.01 Å². The van der Waals surface area contributed by atoms with Gasteiger partial charge < -0.3 is 4.74 Å². The standard InChI is InChI=1S/C21H22ClN3O5/c1-21(2,3)24(20(27)13-6-8-14(9-7-13)25(28)29)23-19(26)16-10-11-17-15(18(16)22)5-4-12-30-17/h6-11H,4-5,12H2,1-3H3,(H,23,26). The molecule has 0 unspecified atom stereocenters. The molecule has 0 radical (unpaired) electrons. The maximum Gasteiger partial charge on any atom is 0.272 e. The van der Waals surface area contributed by atoms with E-state index in [-0.39, 0.29) is 16.8 Å². The van der Waals surface area contributed by atoms with Crippen molar-refractivity contribution in [2.45, 2.75) is 39.2 Å². The minimum Gasteiger partial charge on any atom is -0.493 e. The van der Waals surface area contributed by atoms with Crippen molar-refractivity contribution in [3.05, 3.63) is 68.2 Å². The molecule has 0 bridgehead atoms. The number of nitrogens with one attached hydrogen (secondary N) is 1. The van der Waals surface area contributed by atoms with Gasteiger partial charge in [0.1, 0.15) is 5.75 Å². The Morgan fingerprint density at radius 1 is 1.17 bits per heavy atom. The van der Waals surface area contributed by atoms with E-state index in [9.17, 15) is 19.7 Å². The number of fused-ring (bicyclic) bond motifs is 1. The summed E-state index contributed by atoms with van der Waals surface area (Å²) in [5, 5.41) is 12.3. The van der Waals surface area contributed by atoms with Crippen LogP contribution in [0.15, 0.2) is 36.4 Å². The summed E-state index contributed by atoms with van der Waals surface area (Å²) in [5.74, 6) is -0.362. The van der Waals surface area contributed by atoms with E-state index in [1.165, 1.54) is 29.3 Å². The van der Waals surface area contributed by atoms with Crippen LogP contribution in [0, 0.1) is 10.1 Å². The smallest absolute Gasteiger partial charge is 0.272 e. The van der Waals surface area contributed by atoms with Crippen molar-refractivity contribution < 1.29 is 19.2 Å². The van der Waals surface area contributed by atoms with E-state index < -0.39 is 22.3 Å². The Hall–Kier alpha value is -3.13. The van der Waals surface area contributed by atoms with Crippen LogP contribution in [0.4, 0.5) is 5.69 Å². The van der Waals surface area contributed by atoms with Crippen LogP contribution >= 0.6 is 11.6 Å². The van der Waals surface area contributed by atoms with Crippen LogP contribution < -0.4 is 10.2 Å². The lowest BCUT2D eigenvalue weighted by Crippen LogP contribution is -2.55. The van der Waals surface area contributed by atoms with E-state index in [1.54, 1.807) is 32.9 Å². The highest BCUT2D eigenvalue weighted by molar-refractivity contribution is 6.34. The van der Waals surface area contributed by atoms with Crippen molar-refractivity contribution in [2.75, 3.05) is 6.61 Å². The van der Waals surface area contributed by atoms with Gasteiger partial charge in [0, 0.05) is 23.3 Å². The van der Waals surface area contributed by atoms with E-state index in [4.69, 9.17) is 16.3 Å². The molecule has 30 heavy (non-hydrogen) atoms. The predicted octanol–water partition coefficient (Wildman–Crippen LogP) is 4.16. The summed E-state index contributed by atoms with van der Waals surface area (Å²) < 4.78 is 5.57. The lowest BCUT2D eigenvalue weighted by atomic mass is 10.0. The summed E-state index contributed by atoms with van der Waals surface area (Å²) in [6, 6.07) is 8.48. The molecule has 0 atom stereocenters. The molecule has 0 saturated carbocycles. The van der Waals surface area contributed by atoms with Crippen molar-refractivity contribution in [1.82, 2.24) is 10.4 Å². The predicted molar refractivity (Wildman–Crippen MR) is 112 cm³/mol. The molecule has 2 aromatic carbocycles. The molecule has 2 amide bonds. The van der Waals surface area contributed by atoms with Crippen LogP contribution in [0.3, 0.4) is 0 Å². The number of halogens is 1. The molecule has 9 heteroatoms. The third-order valence-electron chi connectivity index (χ3n) is 4.69.